The van der Waals surface area contributed by atoms with E-state index in [1.54, 1.807) is 43.7 Å². The van der Waals surface area contributed by atoms with E-state index in [4.69, 9.17) is 0 Å². The van der Waals surface area contributed by atoms with Gasteiger partial charge in [-0.2, -0.15) is 0 Å². The van der Waals surface area contributed by atoms with Gasteiger partial charge in [-0.05, 0) is 41.3 Å². The Morgan fingerprint density at radius 2 is 1.71 bits per heavy atom. The summed E-state index contributed by atoms with van der Waals surface area (Å²) in [7, 11) is -2.05. The van der Waals surface area contributed by atoms with Gasteiger partial charge in [0, 0.05) is 7.05 Å². The number of nitrogens with one attached hydrogen (secondary N) is 1. The first-order chi connectivity index (χ1) is 11.2. The molecule has 0 radical (unpaired) electrons. The molecule has 0 fully saturated rings. The molecule has 3 rings (SSSR count). The van der Waals surface area contributed by atoms with E-state index in [1.165, 1.54) is 4.31 Å². The minimum atomic E-state index is -3.61. The highest BCUT2D eigenvalue weighted by molar-refractivity contribution is 7.92. The molecule has 6 heteroatoms. The van der Waals surface area contributed by atoms with Crippen molar-refractivity contribution in [2.75, 3.05) is 11.4 Å². The fraction of sp³-hybridized carbons (Fsp3) is 0.278. The zero-order valence-corrected chi connectivity index (χ0v) is 15.1. The lowest BCUT2D eigenvalue weighted by Crippen LogP contribution is -2.26. The number of anilines is 1. The fourth-order valence-electron chi connectivity index (χ4n) is 2.54. The first-order valence-electron chi connectivity index (χ1n) is 7.72. The van der Waals surface area contributed by atoms with Gasteiger partial charge >= 0.3 is 0 Å². The van der Waals surface area contributed by atoms with Crippen molar-refractivity contribution in [3.8, 4) is 0 Å². The number of hydrogen-bond acceptors (Lipinski definition) is 3. The second kappa shape index (κ2) is 5.63. The van der Waals surface area contributed by atoms with Gasteiger partial charge in [0.1, 0.15) is 0 Å². The molecule has 0 spiro atoms. The summed E-state index contributed by atoms with van der Waals surface area (Å²) in [5.74, 6) is 0. The maximum absolute atomic E-state index is 12.9. The van der Waals surface area contributed by atoms with Crippen LogP contribution in [0, 0.1) is 0 Å². The normalized spacial score (nSPS) is 12.5. The van der Waals surface area contributed by atoms with Crippen molar-refractivity contribution in [3.05, 3.63) is 54.4 Å². The summed E-state index contributed by atoms with van der Waals surface area (Å²) >= 11 is 0. The predicted octanol–water partition coefficient (Wildman–Crippen LogP) is 3.69. The molecule has 0 bridgehead atoms. The Balaban J connectivity index is 1.96. The van der Waals surface area contributed by atoms with Gasteiger partial charge in [-0.1, -0.05) is 32.9 Å². The number of fused-ring (bicyclic) bond motifs is 1. The van der Waals surface area contributed by atoms with Crippen LogP contribution >= 0.6 is 0 Å². The predicted molar refractivity (Wildman–Crippen MR) is 96.8 cm³/mol. The van der Waals surface area contributed by atoms with E-state index >= 15 is 0 Å². The standard InChI is InChI=1S/C18H21N3O2S/c1-18(2,3)13-5-8-15(9-6-13)24(22,23)21(4)14-7-10-16-17(11-14)20-12-19-16/h5-12H,1-4H3,(H,19,20). The SMILES string of the molecule is CN(c1ccc2nc[nH]c2c1)S(=O)(=O)c1ccc(C(C)(C)C)cc1. The largest absolute Gasteiger partial charge is 0.345 e. The molecule has 0 unspecified atom stereocenters. The van der Waals surface area contributed by atoms with Crippen molar-refractivity contribution < 1.29 is 8.42 Å². The number of benzene rings is 2. The number of aromatic nitrogens is 2. The van der Waals surface area contributed by atoms with Crippen LogP contribution in [0.1, 0.15) is 26.3 Å². The van der Waals surface area contributed by atoms with Crippen LogP contribution < -0.4 is 4.31 Å². The Kier molecular flexibility index (Phi) is 3.87. The van der Waals surface area contributed by atoms with Gasteiger partial charge in [0.25, 0.3) is 10.0 Å². The van der Waals surface area contributed by atoms with E-state index in [0.29, 0.717) is 5.69 Å². The smallest absolute Gasteiger partial charge is 0.264 e. The van der Waals surface area contributed by atoms with E-state index in [2.05, 4.69) is 30.7 Å². The molecule has 0 amide bonds. The molecule has 2 aromatic carbocycles. The topological polar surface area (TPSA) is 66.1 Å². The van der Waals surface area contributed by atoms with E-state index < -0.39 is 10.0 Å². The number of sulfonamides is 1. The molecule has 0 aliphatic heterocycles. The number of nitrogens with zero attached hydrogens (tertiary/aromatic N) is 2. The van der Waals surface area contributed by atoms with Crippen LogP contribution in [0.2, 0.25) is 0 Å². The van der Waals surface area contributed by atoms with Crippen molar-refractivity contribution in [1.29, 1.82) is 0 Å². The summed E-state index contributed by atoms with van der Waals surface area (Å²) in [5.41, 5.74) is 3.28. The van der Waals surface area contributed by atoms with Crippen LogP contribution in [-0.2, 0) is 15.4 Å². The summed E-state index contributed by atoms with van der Waals surface area (Å²) in [4.78, 5) is 7.43. The monoisotopic (exact) mass is 343 g/mol. The first kappa shape index (κ1) is 16.5. The minimum absolute atomic E-state index is 0.0140. The van der Waals surface area contributed by atoms with Gasteiger partial charge in [-0.25, -0.2) is 13.4 Å². The van der Waals surface area contributed by atoms with Gasteiger partial charge in [0.15, 0.2) is 0 Å². The van der Waals surface area contributed by atoms with E-state index in [1.807, 2.05) is 12.1 Å². The molecule has 0 saturated carbocycles. The molecule has 1 aromatic heterocycles. The lowest BCUT2D eigenvalue weighted by molar-refractivity contribution is 0.586. The highest BCUT2D eigenvalue weighted by atomic mass is 32.2. The highest BCUT2D eigenvalue weighted by Crippen LogP contribution is 2.27. The molecule has 0 atom stereocenters. The lowest BCUT2D eigenvalue weighted by Gasteiger charge is -2.22. The van der Waals surface area contributed by atoms with Crippen LogP contribution in [0.4, 0.5) is 5.69 Å². The fourth-order valence-corrected chi connectivity index (χ4v) is 3.73. The molecule has 3 aromatic rings. The molecule has 1 N–H and O–H groups in total. The summed E-state index contributed by atoms with van der Waals surface area (Å²) in [5, 5.41) is 0. The summed E-state index contributed by atoms with van der Waals surface area (Å²) in [6.45, 7) is 6.30. The molecule has 0 aliphatic carbocycles. The summed E-state index contributed by atoms with van der Waals surface area (Å²) in [6.07, 6.45) is 1.59. The number of aromatic amines is 1. The zero-order chi connectivity index (χ0) is 17.5. The number of rotatable bonds is 3. The average molecular weight is 343 g/mol. The third-order valence-corrected chi connectivity index (χ3v) is 5.95. The van der Waals surface area contributed by atoms with Crippen molar-refractivity contribution >= 4 is 26.7 Å². The third-order valence-electron chi connectivity index (χ3n) is 4.15. The molecule has 24 heavy (non-hydrogen) atoms. The van der Waals surface area contributed by atoms with Crippen molar-refractivity contribution in [2.24, 2.45) is 0 Å². The molecular weight excluding hydrogens is 322 g/mol. The van der Waals surface area contributed by atoms with Crippen LogP contribution in [0.25, 0.3) is 11.0 Å². The van der Waals surface area contributed by atoms with Gasteiger partial charge in [0.2, 0.25) is 0 Å². The molecular formula is C18H21N3O2S. The molecule has 0 saturated heterocycles. The third kappa shape index (κ3) is 2.89. The Hall–Kier alpha value is -2.34. The average Bonchev–Trinajstić information content (AvgIpc) is 3.01. The molecule has 5 nitrogen and oxygen atoms in total. The minimum Gasteiger partial charge on any atom is -0.345 e. The molecule has 0 aliphatic rings. The van der Waals surface area contributed by atoms with Gasteiger partial charge in [-0.3, -0.25) is 4.31 Å². The molecule has 1 heterocycles. The number of hydrogen-bond donors (Lipinski definition) is 1. The van der Waals surface area contributed by atoms with Crippen LogP contribution in [-0.4, -0.2) is 25.4 Å². The molecule has 126 valence electrons. The van der Waals surface area contributed by atoms with Crippen molar-refractivity contribution in [3.63, 3.8) is 0 Å². The Morgan fingerprint density at radius 3 is 2.33 bits per heavy atom. The second-order valence-electron chi connectivity index (χ2n) is 6.85. The highest BCUT2D eigenvalue weighted by Gasteiger charge is 2.22. The lowest BCUT2D eigenvalue weighted by atomic mass is 9.87. The zero-order valence-electron chi connectivity index (χ0n) is 14.2. The van der Waals surface area contributed by atoms with Crippen LogP contribution in [0.3, 0.4) is 0 Å². The quantitative estimate of drug-likeness (QED) is 0.789. The Labute approximate surface area is 142 Å². The van der Waals surface area contributed by atoms with Gasteiger partial charge in [0.05, 0.1) is 27.9 Å². The first-order valence-corrected chi connectivity index (χ1v) is 9.16. The van der Waals surface area contributed by atoms with E-state index in [0.717, 1.165) is 16.6 Å². The maximum Gasteiger partial charge on any atom is 0.264 e. The number of imidazole rings is 1. The Morgan fingerprint density at radius 1 is 1.04 bits per heavy atom. The summed E-state index contributed by atoms with van der Waals surface area (Å²) in [6, 6.07) is 12.4. The summed E-state index contributed by atoms with van der Waals surface area (Å²) < 4.78 is 27.0. The Bertz CT molecular complexity index is 967. The van der Waals surface area contributed by atoms with Crippen molar-refractivity contribution in [1.82, 2.24) is 9.97 Å². The van der Waals surface area contributed by atoms with Crippen LogP contribution in [0.5, 0.6) is 0 Å². The van der Waals surface area contributed by atoms with E-state index in [-0.39, 0.29) is 10.3 Å². The van der Waals surface area contributed by atoms with Crippen molar-refractivity contribution in [2.45, 2.75) is 31.1 Å². The van der Waals surface area contributed by atoms with Gasteiger partial charge in [-0.15, -0.1) is 0 Å². The second-order valence-corrected chi connectivity index (χ2v) is 8.82. The maximum atomic E-state index is 12.9. The van der Waals surface area contributed by atoms with E-state index in [9.17, 15) is 8.42 Å². The van der Waals surface area contributed by atoms with Crippen LogP contribution in [0.15, 0.2) is 53.7 Å². The number of H-pyrrole nitrogens is 1. The van der Waals surface area contributed by atoms with Gasteiger partial charge < -0.3 is 4.98 Å².